The molecular weight excluding hydrogens is 456 g/mol. The first-order valence-electron chi connectivity index (χ1n) is 12.9. The monoisotopic (exact) mass is 488 g/mol. The highest BCUT2D eigenvalue weighted by Crippen LogP contribution is 2.45. The van der Waals surface area contributed by atoms with Gasteiger partial charge in [0.2, 0.25) is 5.95 Å². The molecule has 2 aromatic heterocycles. The van der Waals surface area contributed by atoms with Crippen LogP contribution in [0.1, 0.15) is 83.1 Å². The lowest BCUT2D eigenvalue weighted by molar-refractivity contribution is 0.0144. The summed E-state index contributed by atoms with van der Waals surface area (Å²) in [6, 6.07) is 8.34. The largest absolute Gasteiger partial charge is 0.477 e. The zero-order valence-corrected chi connectivity index (χ0v) is 21.0. The molecule has 36 heavy (non-hydrogen) atoms. The normalized spacial score (nSPS) is 23.3. The summed E-state index contributed by atoms with van der Waals surface area (Å²) in [4.78, 5) is 22.7. The zero-order valence-electron chi connectivity index (χ0n) is 21.0. The van der Waals surface area contributed by atoms with Gasteiger partial charge >= 0.3 is 5.97 Å². The number of carboxylic acid groups (broad SMARTS) is 1. The minimum Gasteiger partial charge on any atom is -0.477 e. The summed E-state index contributed by atoms with van der Waals surface area (Å²) < 4.78 is 12.5. The summed E-state index contributed by atoms with van der Waals surface area (Å²) in [5.74, 6) is 0.953. The maximum atomic E-state index is 11.5. The molecule has 2 aliphatic heterocycles. The second-order valence-corrected chi connectivity index (χ2v) is 10.6. The molecule has 3 aliphatic rings. The molecule has 1 saturated carbocycles. The molecule has 188 valence electrons. The van der Waals surface area contributed by atoms with Crippen LogP contribution < -0.4 is 4.90 Å². The van der Waals surface area contributed by atoms with Crippen molar-refractivity contribution in [2.45, 2.75) is 90.0 Å². The molecule has 2 saturated heterocycles. The number of piperidine rings is 1. The first-order valence-corrected chi connectivity index (χ1v) is 12.9. The number of hydrogen-bond acceptors (Lipinski definition) is 7. The Morgan fingerprint density at radius 3 is 2.42 bits per heavy atom. The number of rotatable bonds is 7. The van der Waals surface area contributed by atoms with Gasteiger partial charge < -0.3 is 19.3 Å². The molecule has 2 bridgehead atoms. The number of anilines is 1. The third-order valence-electron chi connectivity index (χ3n) is 7.93. The molecule has 0 amide bonds. The van der Waals surface area contributed by atoms with Gasteiger partial charge in [-0.2, -0.15) is 0 Å². The summed E-state index contributed by atoms with van der Waals surface area (Å²) in [5, 5.41) is 14.0. The van der Waals surface area contributed by atoms with E-state index in [1.165, 1.54) is 17.2 Å². The molecule has 1 aliphatic carbocycles. The highest BCUT2D eigenvalue weighted by Gasteiger charge is 2.43. The molecule has 3 fully saturated rings. The Bertz CT molecular complexity index is 1280. The van der Waals surface area contributed by atoms with Gasteiger partial charge in [-0.1, -0.05) is 23.4 Å². The zero-order chi connectivity index (χ0) is 25.0. The van der Waals surface area contributed by atoms with Crippen LogP contribution in [0.3, 0.4) is 0 Å². The Labute approximate surface area is 210 Å². The summed E-state index contributed by atoms with van der Waals surface area (Å²) in [6.07, 6.45) is 6.24. The second kappa shape index (κ2) is 9.00. The van der Waals surface area contributed by atoms with Crippen LogP contribution in [-0.4, -0.2) is 44.4 Å². The minimum absolute atomic E-state index is 0.0503. The van der Waals surface area contributed by atoms with Gasteiger partial charge in [0.25, 0.3) is 0 Å². The molecular formula is C28H32N4O4. The van der Waals surface area contributed by atoms with Crippen molar-refractivity contribution in [1.82, 2.24) is 15.1 Å². The third kappa shape index (κ3) is 4.17. The molecule has 4 heterocycles. The van der Waals surface area contributed by atoms with Crippen LogP contribution in [0, 0.1) is 20.8 Å². The van der Waals surface area contributed by atoms with Crippen LogP contribution in [-0.2, 0) is 11.3 Å². The molecule has 3 aromatic rings. The van der Waals surface area contributed by atoms with E-state index in [1.807, 2.05) is 6.92 Å². The number of aromatic nitrogens is 3. The second-order valence-electron chi connectivity index (χ2n) is 10.6. The quantitative estimate of drug-likeness (QED) is 0.475. The van der Waals surface area contributed by atoms with E-state index in [1.54, 1.807) is 0 Å². The molecule has 0 spiro atoms. The lowest BCUT2D eigenvalue weighted by Gasteiger charge is -2.39. The predicted octanol–water partition coefficient (Wildman–Crippen LogP) is 5.35. The fraction of sp³-hybridized carbons (Fsp3) is 0.500. The first kappa shape index (κ1) is 23.2. The number of fused-ring (bicyclic) bond motifs is 2. The fourth-order valence-electron chi connectivity index (χ4n) is 6.08. The van der Waals surface area contributed by atoms with Crippen molar-refractivity contribution in [2.75, 3.05) is 4.90 Å². The molecule has 3 atom stereocenters. The smallest absolute Gasteiger partial charge is 0.354 e. The van der Waals surface area contributed by atoms with Gasteiger partial charge in [0.1, 0.15) is 11.5 Å². The Hall–Kier alpha value is -3.26. The number of carboxylic acids is 1. The number of aromatic carboxylic acids is 1. The van der Waals surface area contributed by atoms with Crippen molar-refractivity contribution in [3.63, 3.8) is 0 Å². The highest BCUT2D eigenvalue weighted by molar-refractivity contribution is 5.85. The predicted molar refractivity (Wildman–Crippen MR) is 134 cm³/mol. The maximum absolute atomic E-state index is 11.5. The van der Waals surface area contributed by atoms with Crippen molar-refractivity contribution in [3.8, 4) is 11.3 Å². The SMILES string of the molecule is Cc1cc(C(=O)O)nc(N2[C@@H]3CC[C@H]2C[C@H](OCc2c(-c4c(C)cccc4C)noc2C2CC2)C3)n1. The van der Waals surface area contributed by atoms with Crippen molar-refractivity contribution in [1.29, 1.82) is 0 Å². The molecule has 8 heteroatoms. The van der Waals surface area contributed by atoms with Gasteiger partial charge in [0, 0.05) is 34.8 Å². The van der Waals surface area contributed by atoms with Crippen molar-refractivity contribution in [3.05, 3.63) is 58.1 Å². The van der Waals surface area contributed by atoms with Crippen molar-refractivity contribution >= 4 is 11.9 Å². The lowest BCUT2D eigenvalue weighted by atomic mass is 9.96. The average Bonchev–Trinajstić information content (AvgIpc) is 3.54. The molecule has 0 unspecified atom stereocenters. The topological polar surface area (TPSA) is 102 Å². The number of carbonyl (C=O) groups is 1. The average molecular weight is 489 g/mol. The van der Waals surface area contributed by atoms with E-state index in [4.69, 9.17) is 9.26 Å². The number of ether oxygens (including phenoxy) is 1. The van der Waals surface area contributed by atoms with Gasteiger partial charge in [-0.3, -0.25) is 0 Å². The third-order valence-corrected chi connectivity index (χ3v) is 7.93. The van der Waals surface area contributed by atoms with Gasteiger partial charge in [0.05, 0.1) is 12.7 Å². The highest BCUT2D eigenvalue weighted by atomic mass is 16.5. The fourth-order valence-corrected chi connectivity index (χ4v) is 6.08. The van der Waals surface area contributed by atoms with Crippen LogP contribution in [0.5, 0.6) is 0 Å². The van der Waals surface area contributed by atoms with Gasteiger partial charge in [-0.05, 0) is 76.5 Å². The summed E-state index contributed by atoms with van der Waals surface area (Å²) in [5.41, 5.74) is 6.27. The van der Waals surface area contributed by atoms with Crippen LogP contribution in [0.15, 0.2) is 28.8 Å². The Morgan fingerprint density at radius 2 is 1.78 bits per heavy atom. The number of nitrogens with zero attached hydrogens (tertiary/aromatic N) is 4. The molecule has 6 rings (SSSR count). The van der Waals surface area contributed by atoms with Gasteiger partial charge in [-0.25, -0.2) is 14.8 Å². The Balaban J connectivity index is 1.21. The molecule has 1 N–H and O–H groups in total. The van der Waals surface area contributed by atoms with E-state index in [-0.39, 0.29) is 23.9 Å². The van der Waals surface area contributed by atoms with Gasteiger partial charge in [0.15, 0.2) is 5.69 Å². The van der Waals surface area contributed by atoms with Crippen LogP contribution in [0.2, 0.25) is 0 Å². The Kier molecular flexibility index (Phi) is 5.79. The number of hydrogen-bond donors (Lipinski definition) is 1. The van der Waals surface area contributed by atoms with Crippen LogP contribution in [0.25, 0.3) is 11.3 Å². The summed E-state index contributed by atoms with van der Waals surface area (Å²) in [6.45, 7) is 6.55. The van der Waals surface area contributed by atoms with E-state index in [9.17, 15) is 9.90 Å². The van der Waals surface area contributed by atoms with Crippen molar-refractivity contribution in [2.24, 2.45) is 0 Å². The van der Waals surface area contributed by atoms with E-state index in [0.29, 0.717) is 24.2 Å². The molecule has 8 nitrogen and oxygen atoms in total. The summed E-state index contributed by atoms with van der Waals surface area (Å²) >= 11 is 0. The van der Waals surface area contributed by atoms with E-state index in [2.05, 4.69) is 52.1 Å². The molecule has 1 aromatic carbocycles. The maximum Gasteiger partial charge on any atom is 0.354 e. The minimum atomic E-state index is -1.02. The number of benzene rings is 1. The standard InChI is InChI=1S/C28H32N4O4/c1-15-5-4-6-16(2)24(15)25-22(26(36-31-25)18-7-8-18)14-35-21-12-19-9-10-20(13-21)32(19)28-29-17(3)11-23(30-28)27(33)34/h4-6,11,18-21H,7-10,12-14H2,1-3H3,(H,33,34)/t19-,20+,21-. The van der Waals surface area contributed by atoms with Crippen LogP contribution in [0.4, 0.5) is 5.95 Å². The van der Waals surface area contributed by atoms with Gasteiger partial charge in [-0.15, -0.1) is 0 Å². The Morgan fingerprint density at radius 1 is 1.08 bits per heavy atom. The van der Waals surface area contributed by atoms with E-state index >= 15 is 0 Å². The number of aryl methyl sites for hydroxylation is 3. The van der Waals surface area contributed by atoms with E-state index in [0.717, 1.165) is 61.1 Å². The van der Waals surface area contributed by atoms with Crippen LogP contribution >= 0.6 is 0 Å². The van der Waals surface area contributed by atoms with Crippen molar-refractivity contribution < 1.29 is 19.2 Å². The summed E-state index contributed by atoms with van der Waals surface area (Å²) in [7, 11) is 0. The molecule has 0 radical (unpaired) electrons. The van der Waals surface area contributed by atoms with E-state index < -0.39 is 5.97 Å². The first-order chi connectivity index (χ1) is 17.4. The lowest BCUT2D eigenvalue weighted by Crippen LogP contribution is -2.46.